The van der Waals surface area contributed by atoms with Crippen molar-refractivity contribution >= 4 is 17.6 Å². The lowest BCUT2D eigenvalue weighted by Crippen LogP contribution is -2.40. The Hall–Kier alpha value is -2.27. The number of urea groups is 1. The standard InChI is InChI=1S/C18H20ClN3O2/c19-16-12-20-9-7-17(16)24-15-8-11-22(13-15)18(23)21-10-6-14-4-2-1-3-5-14/h1-5,7,9,12,15H,6,8,10-11,13H2,(H,21,23). The molecule has 0 saturated carbocycles. The molecule has 1 aromatic carbocycles. The summed E-state index contributed by atoms with van der Waals surface area (Å²) in [4.78, 5) is 17.9. The predicted molar refractivity (Wildman–Crippen MR) is 93.4 cm³/mol. The van der Waals surface area contributed by atoms with Gasteiger partial charge in [-0.1, -0.05) is 41.9 Å². The van der Waals surface area contributed by atoms with Crippen LogP contribution in [0.3, 0.4) is 0 Å². The minimum Gasteiger partial charge on any atom is -0.487 e. The Morgan fingerprint density at radius 1 is 1.33 bits per heavy atom. The van der Waals surface area contributed by atoms with Gasteiger partial charge in [0.05, 0.1) is 6.54 Å². The first-order valence-corrected chi connectivity index (χ1v) is 8.43. The maximum atomic E-state index is 12.2. The molecule has 0 aliphatic carbocycles. The first kappa shape index (κ1) is 16.6. The summed E-state index contributed by atoms with van der Waals surface area (Å²) in [5, 5.41) is 3.45. The number of likely N-dealkylation sites (tertiary alicyclic amines) is 1. The molecule has 24 heavy (non-hydrogen) atoms. The molecule has 0 bridgehead atoms. The van der Waals surface area contributed by atoms with Crippen LogP contribution in [0, 0.1) is 0 Å². The summed E-state index contributed by atoms with van der Waals surface area (Å²) < 4.78 is 5.87. The number of ether oxygens (including phenoxy) is 1. The summed E-state index contributed by atoms with van der Waals surface area (Å²) in [5.41, 5.74) is 1.22. The number of hydrogen-bond acceptors (Lipinski definition) is 3. The summed E-state index contributed by atoms with van der Waals surface area (Å²) in [6, 6.07) is 11.8. The van der Waals surface area contributed by atoms with Crippen molar-refractivity contribution in [3.63, 3.8) is 0 Å². The normalized spacial score (nSPS) is 16.9. The van der Waals surface area contributed by atoms with Gasteiger partial charge in [0.2, 0.25) is 0 Å². The summed E-state index contributed by atoms with van der Waals surface area (Å²) >= 11 is 6.05. The topological polar surface area (TPSA) is 54.5 Å². The third kappa shape index (κ3) is 4.38. The van der Waals surface area contributed by atoms with Crippen molar-refractivity contribution in [3.05, 3.63) is 59.4 Å². The second kappa shape index (κ2) is 8.02. The average molecular weight is 346 g/mol. The number of nitrogens with one attached hydrogen (secondary N) is 1. The molecule has 1 saturated heterocycles. The van der Waals surface area contributed by atoms with E-state index in [-0.39, 0.29) is 12.1 Å². The molecular weight excluding hydrogens is 326 g/mol. The van der Waals surface area contributed by atoms with Crippen molar-refractivity contribution in [1.29, 1.82) is 0 Å². The summed E-state index contributed by atoms with van der Waals surface area (Å²) in [6.07, 6.45) is 4.78. The van der Waals surface area contributed by atoms with E-state index in [1.165, 1.54) is 5.56 Å². The molecule has 1 aromatic heterocycles. The van der Waals surface area contributed by atoms with Gasteiger partial charge in [-0.2, -0.15) is 0 Å². The molecule has 2 heterocycles. The molecule has 1 aliphatic heterocycles. The minimum absolute atomic E-state index is 0.0372. The van der Waals surface area contributed by atoms with Gasteiger partial charge in [-0.15, -0.1) is 0 Å². The number of benzene rings is 1. The van der Waals surface area contributed by atoms with E-state index >= 15 is 0 Å². The van der Waals surface area contributed by atoms with Crippen molar-refractivity contribution in [2.24, 2.45) is 0 Å². The van der Waals surface area contributed by atoms with E-state index < -0.39 is 0 Å². The van der Waals surface area contributed by atoms with E-state index in [4.69, 9.17) is 16.3 Å². The van der Waals surface area contributed by atoms with Crippen LogP contribution in [0.5, 0.6) is 5.75 Å². The Morgan fingerprint density at radius 3 is 2.96 bits per heavy atom. The number of rotatable bonds is 5. The fourth-order valence-electron chi connectivity index (χ4n) is 2.72. The highest BCUT2D eigenvalue weighted by atomic mass is 35.5. The van der Waals surface area contributed by atoms with Gasteiger partial charge in [0.15, 0.2) is 0 Å². The van der Waals surface area contributed by atoms with Crippen LogP contribution < -0.4 is 10.1 Å². The van der Waals surface area contributed by atoms with Crippen LogP contribution in [0.1, 0.15) is 12.0 Å². The van der Waals surface area contributed by atoms with Gasteiger partial charge in [0.1, 0.15) is 16.9 Å². The number of nitrogens with zero attached hydrogens (tertiary/aromatic N) is 2. The van der Waals surface area contributed by atoms with Crippen LogP contribution in [0.15, 0.2) is 48.8 Å². The van der Waals surface area contributed by atoms with Crippen LogP contribution in [-0.4, -0.2) is 41.7 Å². The number of amides is 2. The SMILES string of the molecule is O=C(NCCc1ccccc1)N1CCC(Oc2ccncc2Cl)C1. The van der Waals surface area contributed by atoms with Crippen molar-refractivity contribution in [2.75, 3.05) is 19.6 Å². The molecule has 1 N–H and O–H groups in total. The molecule has 126 valence electrons. The largest absolute Gasteiger partial charge is 0.487 e. The number of carbonyl (C=O) groups is 1. The molecule has 0 spiro atoms. The maximum absolute atomic E-state index is 12.2. The van der Waals surface area contributed by atoms with Crippen LogP contribution in [0.2, 0.25) is 5.02 Å². The number of hydrogen-bond donors (Lipinski definition) is 1. The Kier molecular flexibility index (Phi) is 5.54. The van der Waals surface area contributed by atoms with Gasteiger partial charge in [-0.3, -0.25) is 4.98 Å². The Balaban J connectivity index is 1.43. The second-order valence-electron chi connectivity index (χ2n) is 5.75. The quantitative estimate of drug-likeness (QED) is 0.905. The monoisotopic (exact) mass is 345 g/mol. The molecule has 5 nitrogen and oxygen atoms in total. The molecular formula is C18H20ClN3O2. The number of pyridine rings is 1. The zero-order valence-electron chi connectivity index (χ0n) is 13.3. The molecule has 1 aliphatic rings. The zero-order valence-corrected chi connectivity index (χ0v) is 14.1. The molecule has 6 heteroatoms. The number of halogens is 1. The highest BCUT2D eigenvalue weighted by Crippen LogP contribution is 2.25. The molecule has 2 amide bonds. The predicted octanol–water partition coefficient (Wildman–Crippen LogP) is 3.14. The van der Waals surface area contributed by atoms with Gasteiger partial charge < -0.3 is 15.0 Å². The first-order chi connectivity index (χ1) is 11.7. The smallest absolute Gasteiger partial charge is 0.317 e. The lowest BCUT2D eigenvalue weighted by Gasteiger charge is -2.18. The van der Waals surface area contributed by atoms with Gasteiger partial charge in [-0.25, -0.2) is 4.79 Å². The highest BCUT2D eigenvalue weighted by molar-refractivity contribution is 6.31. The Bertz CT molecular complexity index is 681. The van der Waals surface area contributed by atoms with Crippen LogP contribution in [0.25, 0.3) is 0 Å². The average Bonchev–Trinajstić information content (AvgIpc) is 3.07. The van der Waals surface area contributed by atoms with Gasteiger partial charge in [-0.05, 0) is 12.0 Å². The van der Waals surface area contributed by atoms with E-state index in [2.05, 4.69) is 22.4 Å². The van der Waals surface area contributed by atoms with Crippen molar-refractivity contribution in [1.82, 2.24) is 15.2 Å². The lowest BCUT2D eigenvalue weighted by molar-refractivity contribution is 0.187. The molecule has 1 unspecified atom stereocenters. The lowest BCUT2D eigenvalue weighted by atomic mass is 10.1. The van der Waals surface area contributed by atoms with Crippen LogP contribution in [-0.2, 0) is 6.42 Å². The molecule has 1 atom stereocenters. The van der Waals surface area contributed by atoms with E-state index in [0.29, 0.717) is 30.4 Å². The van der Waals surface area contributed by atoms with E-state index in [1.807, 2.05) is 18.2 Å². The molecule has 0 radical (unpaired) electrons. The fraction of sp³-hybridized carbons (Fsp3) is 0.333. The summed E-state index contributed by atoms with van der Waals surface area (Å²) in [7, 11) is 0. The van der Waals surface area contributed by atoms with Gasteiger partial charge in [0, 0.05) is 38.0 Å². The number of aromatic nitrogens is 1. The van der Waals surface area contributed by atoms with Crippen molar-refractivity contribution < 1.29 is 9.53 Å². The summed E-state index contributed by atoms with van der Waals surface area (Å²) in [5.74, 6) is 0.614. The molecule has 2 aromatic rings. The Morgan fingerprint density at radius 2 is 2.17 bits per heavy atom. The first-order valence-electron chi connectivity index (χ1n) is 8.05. The van der Waals surface area contributed by atoms with Crippen LogP contribution in [0.4, 0.5) is 4.79 Å². The van der Waals surface area contributed by atoms with Crippen molar-refractivity contribution in [3.8, 4) is 5.75 Å². The minimum atomic E-state index is -0.0437. The summed E-state index contributed by atoms with van der Waals surface area (Å²) in [6.45, 7) is 1.88. The van der Waals surface area contributed by atoms with Crippen molar-refractivity contribution in [2.45, 2.75) is 18.9 Å². The van der Waals surface area contributed by atoms with Gasteiger partial charge >= 0.3 is 6.03 Å². The fourth-order valence-corrected chi connectivity index (χ4v) is 2.88. The highest BCUT2D eigenvalue weighted by Gasteiger charge is 2.27. The van der Waals surface area contributed by atoms with E-state index in [0.717, 1.165) is 12.8 Å². The molecule has 1 fully saturated rings. The third-order valence-electron chi connectivity index (χ3n) is 3.99. The van der Waals surface area contributed by atoms with Gasteiger partial charge in [0.25, 0.3) is 0 Å². The zero-order chi connectivity index (χ0) is 16.8. The van der Waals surface area contributed by atoms with E-state index in [9.17, 15) is 4.79 Å². The molecule has 3 rings (SSSR count). The van der Waals surface area contributed by atoms with E-state index in [1.54, 1.807) is 23.4 Å². The number of carbonyl (C=O) groups excluding carboxylic acids is 1. The second-order valence-corrected chi connectivity index (χ2v) is 6.16. The Labute approximate surface area is 146 Å². The third-order valence-corrected chi connectivity index (χ3v) is 4.28. The van der Waals surface area contributed by atoms with Crippen LogP contribution >= 0.6 is 11.6 Å². The maximum Gasteiger partial charge on any atom is 0.317 e.